The van der Waals surface area contributed by atoms with Crippen molar-refractivity contribution < 1.29 is 14.3 Å². The smallest absolute Gasteiger partial charge is 0.339 e. The lowest BCUT2D eigenvalue weighted by atomic mass is 10.2. The zero-order valence-electron chi connectivity index (χ0n) is 15.2. The topological polar surface area (TPSA) is 93.2 Å². The molecule has 0 saturated carbocycles. The molecule has 0 aliphatic rings. The van der Waals surface area contributed by atoms with E-state index in [0.717, 1.165) is 5.56 Å². The second kappa shape index (κ2) is 8.49. The van der Waals surface area contributed by atoms with Crippen LogP contribution in [-0.2, 0) is 4.74 Å². The lowest BCUT2D eigenvalue weighted by molar-refractivity contribution is 0.0601. The number of amides is 1. The van der Waals surface area contributed by atoms with Gasteiger partial charge >= 0.3 is 5.97 Å². The number of esters is 1. The molecule has 1 heterocycles. The van der Waals surface area contributed by atoms with Crippen LogP contribution in [0, 0.1) is 6.92 Å². The molecule has 0 fully saturated rings. The van der Waals surface area contributed by atoms with Crippen LogP contribution >= 0.6 is 11.6 Å². The van der Waals surface area contributed by atoms with Crippen molar-refractivity contribution in [1.29, 1.82) is 0 Å². The molecular weight excluding hydrogens is 380 g/mol. The van der Waals surface area contributed by atoms with E-state index in [-0.39, 0.29) is 5.69 Å². The molecule has 7 nitrogen and oxygen atoms in total. The molecule has 3 aromatic rings. The van der Waals surface area contributed by atoms with Crippen LogP contribution in [0.1, 0.15) is 26.4 Å². The molecule has 2 N–H and O–H groups in total. The largest absolute Gasteiger partial charge is 0.465 e. The van der Waals surface area contributed by atoms with Gasteiger partial charge in [0.25, 0.3) is 5.91 Å². The van der Waals surface area contributed by atoms with Crippen LogP contribution < -0.4 is 10.6 Å². The van der Waals surface area contributed by atoms with Crippen molar-refractivity contribution in [2.45, 2.75) is 6.92 Å². The molecule has 2 aromatic carbocycles. The molecule has 1 aromatic heterocycles. The highest BCUT2D eigenvalue weighted by Gasteiger charge is 2.14. The van der Waals surface area contributed by atoms with Gasteiger partial charge in [0.15, 0.2) is 0 Å². The Labute approximate surface area is 166 Å². The van der Waals surface area contributed by atoms with Crippen LogP contribution in [0.2, 0.25) is 5.02 Å². The number of halogens is 1. The first kappa shape index (κ1) is 19.3. The Morgan fingerprint density at radius 3 is 2.57 bits per heavy atom. The van der Waals surface area contributed by atoms with Gasteiger partial charge in [0, 0.05) is 16.8 Å². The molecule has 0 aliphatic carbocycles. The van der Waals surface area contributed by atoms with E-state index in [4.69, 9.17) is 16.3 Å². The van der Waals surface area contributed by atoms with E-state index in [1.807, 2.05) is 6.92 Å². The molecule has 8 heteroatoms. The van der Waals surface area contributed by atoms with Gasteiger partial charge in [-0.05, 0) is 36.8 Å². The molecule has 0 atom stereocenters. The van der Waals surface area contributed by atoms with Crippen molar-refractivity contribution in [2.75, 3.05) is 17.7 Å². The van der Waals surface area contributed by atoms with Gasteiger partial charge in [-0.3, -0.25) is 4.79 Å². The summed E-state index contributed by atoms with van der Waals surface area (Å²) in [4.78, 5) is 32.6. The van der Waals surface area contributed by atoms with E-state index in [0.29, 0.717) is 27.8 Å². The number of rotatable bonds is 5. The first-order valence-corrected chi connectivity index (χ1v) is 8.70. The molecule has 0 saturated heterocycles. The summed E-state index contributed by atoms with van der Waals surface area (Å²) in [6, 6.07) is 13.6. The highest BCUT2D eigenvalue weighted by Crippen LogP contribution is 2.24. The van der Waals surface area contributed by atoms with E-state index in [2.05, 4.69) is 20.6 Å². The fourth-order valence-corrected chi connectivity index (χ4v) is 2.67. The molecular formula is C20H17ClN4O3. The molecule has 28 heavy (non-hydrogen) atoms. The fraction of sp³-hybridized carbons (Fsp3) is 0.100. The molecule has 1 amide bonds. The predicted molar refractivity (Wildman–Crippen MR) is 107 cm³/mol. The van der Waals surface area contributed by atoms with Crippen LogP contribution in [0.3, 0.4) is 0 Å². The third-order valence-electron chi connectivity index (χ3n) is 4.01. The minimum atomic E-state index is -0.480. The van der Waals surface area contributed by atoms with Gasteiger partial charge < -0.3 is 15.4 Å². The Balaban J connectivity index is 1.82. The van der Waals surface area contributed by atoms with Gasteiger partial charge in [0.2, 0.25) is 0 Å². The van der Waals surface area contributed by atoms with Gasteiger partial charge in [-0.2, -0.15) is 0 Å². The number of nitrogens with zero attached hydrogens (tertiary/aromatic N) is 2. The number of ether oxygens (including phenoxy) is 1. The fourth-order valence-electron chi connectivity index (χ4n) is 2.50. The number of hydrogen-bond acceptors (Lipinski definition) is 6. The standard InChI is InChI=1S/C20H17ClN4O3/c1-12-14(21)7-5-9-15(12)25-19(26)17-10-18(23-11-22-17)24-16-8-4-3-6-13(16)20(27)28-2/h3-11H,1-2H3,(H,25,26)(H,22,23,24). The van der Waals surface area contributed by atoms with E-state index in [1.165, 1.54) is 19.5 Å². The number of para-hydroxylation sites is 1. The third kappa shape index (κ3) is 4.27. The Morgan fingerprint density at radius 1 is 1.04 bits per heavy atom. The number of anilines is 3. The summed E-state index contributed by atoms with van der Waals surface area (Å²) in [5, 5.41) is 6.35. The van der Waals surface area contributed by atoms with Gasteiger partial charge in [-0.1, -0.05) is 29.8 Å². The highest BCUT2D eigenvalue weighted by atomic mass is 35.5. The van der Waals surface area contributed by atoms with Crippen LogP contribution in [0.4, 0.5) is 17.2 Å². The number of aromatic nitrogens is 2. The van der Waals surface area contributed by atoms with Gasteiger partial charge in [-0.25, -0.2) is 14.8 Å². The molecule has 3 rings (SSSR count). The average molecular weight is 397 g/mol. The Hall–Kier alpha value is -3.45. The quantitative estimate of drug-likeness (QED) is 0.627. The molecule has 142 valence electrons. The first-order chi connectivity index (χ1) is 13.5. The minimum absolute atomic E-state index is 0.160. The molecule has 0 spiro atoms. The second-order valence-electron chi connectivity index (χ2n) is 5.82. The van der Waals surface area contributed by atoms with Crippen molar-refractivity contribution in [3.8, 4) is 0 Å². The Kier molecular flexibility index (Phi) is 5.86. The minimum Gasteiger partial charge on any atom is -0.465 e. The number of benzene rings is 2. The maximum absolute atomic E-state index is 12.6. The number of hydrogen-bond donors (Lipinski definition) is 2. The SMILES string of the molecule is COC(=O)c1ccccc1Nc1cc(C(=O)Nc2cccc(Cl)c2C)ncn1. The van der Waals surface area contributed by atoms with Crippen molar-refractivity contribution in [2.24, 2.45) is 0 Å². The summed E-state index contributed by atoms with van der Waals surface area (Å²) in [7, 11) is 1.31. The maximum atomic E-state index is 12.6. The van der Waals surface area contributed by atoms with E-state index in [1.54, 1.807) is 42.5 Å². The van der Waals surface area contributed by atoms with Gasteiger partial charge in [-0.15, -0.1) is 0 Å². The van der Waals surface area contributed by atoms with Crippen LogP contribution in [0.5, 0.6) is 0 Å². The summed E-state index contributed by atoms with van der Waals surface area (Å²) >= 11 is 6.09. The van der Waals surface area contributed by atoms with E-state index >= 15 is 0 Å². The molecule has 0 bridgehead atoms. The maximum Gasteiger partial charge on any atom is 0.339 e. The monoisotopic (exact) mass is 396 g/mol. The summed E-state index contributed by atoms with van der Waals surface area (Å²) in [6.45, 7) is 1.81. The lowest BCUT2D eigenvalue weighted by Crippen LogP contribution is -2.15. The Bertz CT molecular complexity index is 1040. The van der Waals surface area contributed by atoms with Gasteiger partial charge in [0.05, 0.1) is 18.4 Å². The van der Waals surface area contributed by atoms with E-state index in [9.17, 15) is 9.59 Å². The van der Waals surface area contributed by atoms with Crippen molar-refractivity contribution in [1.82, 2.24) is 9.97 Å². The molecule has 0 unspecified atom stereocenters. The molecule has 0 radical (unpaired) electrons. The second-order valence-corrected chi connectivity index (χ2v) is 6.22. The Morgan fingerprint density at radius 2 is 1.79 bits per heavy atom. The van der Waals surface area contributed by atoms with Crippen LogP contribution in [0.15, 0.2) is 54.9 Å². The summed E-state index contributed by atoms with van der Waals surface area (Å²) in [5.74, 6) is -0.525. The summed E-state index contributed by atoms with van der Waals surface area (Å²) in [5.41, 5.74) is 2.38. The van der Waals surface area contributed by atoms with E-state index < -0.39 is 11.9 Å². The number of methoxy groups -OCH3 is 1. The van der Waals surface area contributed by atoms with Crippen molar-refractivity contribution >= 4 is 40.7 Å². The highest BCUT2D eigenvalue weighted by molar-refractivity contribution is 6.31. The van der Waals surface area contributed by atoms with Crippen LogP contribution in [-0.4, -0.2) is 29.0 Å². The molecule has 0 aliphatic heterocycles. The first-order valence-electron chi connectivity index (χ1n) is 8.32. The average Bonchev–Trinajstić information content (AvgIpc) is 2.71. The number of carbonyl (C=O) groups excluding carboxylic acids is 2. The van der Waals surface area contributed by atoms with Crippen molar-refractivity contribution in [3.05, 3.63) is 76.7 Å². The summed E-state index contributed by atoms with van der Waals surface area (Å²) < 4.78 is 4.78. The normalized spacial score (nSPS) is 10.2. The third-order valence-corrected chi connectivity index (χ3v) is 4.42. The van der Waals surface area contributed by atoms with Crippen molar-refractivity contribution in [3.63, 3.8) is 0 Å². The zero-order chi connectivity index (χ0) is 20.1. The number of carbonyl (C=O) groups is 2. The number of nitrogens with one attached hydrogen (secondary N) is 2. The zero-order valence-corrected chi connectivity index (χ0v) is 15.9. The van der Waals surface area contributed by atoms with Gasteiger partial charge in [0.1, 0.15) is 17.8 Å². The summed E-state index contributed by atoms with van der Waals surface area (Å²) in [6.07, 6.45) is 1.27. The predicted octanol–water partition coefficient (Wildman–Crippen LogP) is 4.22. The van der Waals surface area contributed by atoms with Crippen LogP contribution in [0.25, 0.3) is 0 Å². The lowest BCUT2D eigenvalue weighted by Gasteiger charge is -2.11.